The molecule has 1 fully saturated rings. The first-order chi connectivity index (χ1) is 14.8. The number of anilines is 2. The second kappa shape index (κ2) is 9.49. The molecule has 1 aliphatic heterocycles. The zero-order valence-electron chi connectivity index (χ0n) is 17.9. The lowest BCUT2D eigenvalue weighted by Crippen LogP contribution is -2.30. The van der Waals surface area contributed by atoms with Gasteiger partial charge in [0.15, 0.2) is 0 Å². The predicted molar refractivity (Wildman–Crippen MR) is 119 cm³/mol. The molecule has 1 aliphatic rings. The highest BCUT2D eigenvalue weighted by Crippen LogP contribution is 2.28. The van der Waals surface area contributed by atoms with Crippen molar-refractivity contribution in [2.24, 2.45) is 5.92 Å². The summed E-state index contributed by atoms with van der Waals surface area (Å²) in [5.74, 6) is -0.275. The Labute approximate surface area is 182 Å². The van der Waals surface area contributed by atoms with E-state index in [1.807, 2.05) is 0 Å². The van der Waals surface area contributed by atoms with Gasteiger partial charge in [-0.05, 0) is 36.4 Å². The summed E-state index contributed by atoms with van der Waals surface area (Å²) < 4.78 is 31.7. The summed E-state index contributed by atoms with van der Waals surface area (Å²) in [6.07, 6.45) is 0.109. The normalized spacial score (nSPS) is 16.6. The Morgan fingerprint density at radius 2 is 1.84 bits per heavy atom. The monoisotopic (exact) mass is 445 g/mol. The third-order valence-corrected chi connectivity index (χ3v) is 7.39. The van der Waals surface area contributed by atoms with Crippen LogP contribution in [0.25, 0.3) is 0 Å². The lowest BCUT2D eigenvalue weighted by molar-refractivity contribution is -0.122. The van der Waals surface area contributed by atoms with Crippen molar-refractivity contribution in [1.29, 1.82) is 0 Å². The number of hydrogen-bond acceptors (Lipinski definition) is 5. The maximum Gasteiger partial charge on any atom is 0.243 e. The number of amides is 2. The molecule has 0 saturated carbocycles. The van der Waals surface area contributed by atoms with Gasteiger partial charge in [-0.2, -0.15) is 4.31 Å². The average molecular weight is 446 g/mol. The minimum atomic E-state index is -3.55. The van der Waals surface area contributed by atoms with Crippen molar-refractivity contribution in [2.45, 2.75) is 25.2 Å². The molecular formula is C22H27N3O5S. The Bertz CT molecular complexity index is 1050. The molecular weight excluding hydrogens is 418 g/mol. The fourth-order valence-corrected chi connectivity index (χ4v) is 5.04. The molecule has 0 spiro atoms. The van der Waals surface area contributed by atoms with Gasteiger partial charge in [0.25, 0.3) is 0 Å². The molecule has 0 aromatic heterocycles. The van der Waals surface area contributed by atoms with Gasteiger partial charge in [0.05, 0.1) is 17.9 Å². The van der Waals surface area contributed by atoms with Crippen LogP contribution in [-0.2, 0) is 19.6 Å². The van der Waals surface area contributed by atoms with Crippen LogP contribution in [0.2, 0.25) is 0 Å². The smallest absolute Gasteiger partial charge is 0.243 e. The fourth-order valence-electron chi connectivity index (χ4n) is 3.58. The molecule has 1 saturated heterocycles. The number of sulfonamides is 1. The zero-order valence-corrected chi connectivity index (χ0v) is 18.7. The third-order valence-electron chi connectivity index (χ3n) is 5.33. The highest BCUT2D eigenvalue weighted by Gasteiger charge is 2.35. The highest BCUT2D eigenvalue weighted by atomic mass is 32.2. The minimum absolute atomic E-state index is 0.109. The summed E-state index contributed by atoms with van der Waals surface area (Å²) >= 11 is 0. The summed E-state index contributed by atoms with van der Waals surface area (Å²) in [6.45, 7) is 4.61. The number of rotatable bonds is 8. The van der Waals surface area contributed by atoms with Crippen LogP contribution in [-0.4, -0.2) is 51.3 Å². The number of hydrogen-bond donors (Lipinski definition) is 1. The van der Waals surface area contributed by atoms with E-state index in [1.54, 1.807) is 62.3 Å². The van der Waals surface area contributed by atoms with Crippen LogP contribution in [0.1, 0.15) is 20.3 Å². The first kappa shape index (κ1) is 22.8. The summed E-state index contributed by atoms with van der Waals surface area (Å²) in [6, 6.07) is 13.2. The van der Waals surface area contributed by atoms with E-state index in [-0.39, 0.29) is 29.7 Å². The van der Waals surface area contributed by atoms with Gasteiger partial charge in [-0.25, -0.2) is 8.42 Å². The summed E-state index contributed by atoms with van der Waals surface area (Å²) in [4.78, 5) is 26.9. The maximum atomic E-state index is 12.7. The number of carbonyl (C=O) groups is 2. The molecule has 31 heavy (non-hydrogen) atoms. The number of carbonyl (C=O) groups excluding carboxylic acids is 2. The molecule has 1 atom stereocenters. The van der Waals surface area contributed by atoms with Gasteiger partial charge in [-0.3, -0.25) is 9.59 Å². The number of ether oxygens (including phenoxy) is 1. The van der Waals surface area contributed by atoms with Gasteiger partial charge < -0.3 is 15.0 Å². The Hall–Kier alpha value is -2.91. The Kier molecular flexibility index (Phi) is 6.97. The number of benzene rings is 2. The molecule has 1 unspecified atom stereocenters. The average Bonchev–Trinajstić information content (AvgIpc) is 3.16. The van der Waals surface area contributed by atoms with E-state index in [4.69, 9.17) is 4.74 Å². The molecule has 8 nitrogen and oxygen atoms in total. The van der Waals surface area contributed by atoms with Gasteiger partial charge in [-0.1, -0.05) is 19.9 Å². The van der Waals surface area contributed by atoms with Crippen LogP contribution in [0, 0.1) is 5.92 Å². The molecule has 1 N–H and O–H groups in total. The lowest BCUT2D eigenvalue weighted by atomic mass is 10.1. The SMILES string of the molecule is CCN(CC)S(=O)(=O)c1ccc(NC(=O)C2CC(=O)N(c3cccc(OC)c3)C2)cc1. The Morgan fingerprint density at radius 1 is 1.16 bits per heavy atom. The lowest BCUT2D eigenvalue weighted by Gasteiger charge is -2.19. The van der Waals surface area contributed by atoms with E-state index in [0.29, 0.717) is 30.2 Å². The zero-order chi connectivity index (χ0) is 22.6. The van der Waals surface area contributed by atoms with E-state index in [9.17, 15) is 18.0 Å². The second-order valence-electron chi connectivity index (χ2n) is 7.21. The molecule has 0 aliphatic carbocycles. The number of nitrogens with zero attached hydrogens (tertiary/aromatic N) is 2. The van der Waals surface area contributed by atoms with Crippen LogP contribution in [0.5, 0.6) is 5.75 Å². The van der Waals surface area contributed by atoms with E-state index in [0.717, 1.165) is 0 Å². The standard InChI is InChI=1S/C22H27N3O5S/c1-4-24(5-2)31(28,29)20-11-9-17(10-12-20)23-22(27)16-13-21(26)25(15-16)18-7-6-8-19(14-18)30-3/h6-12,14,16H,4-5,13,15H2,1-3H3,(H,23,27). The molecule has 1 heterocycles. The van der Waals surface area contributed by atoms with E-state index < -0.39 is 15.9 Å². The molecule has 166 valence electrons. The van der Waals surface area contributed by atoms with Crippen molar-refractivity contribution < 1.29 is 22.7 Å². The highest BCUT2D eigenvalue weighted by molar-refractivity contribution is 7.89. The van der Waals surface area contributed by atoms with Crippen LogP contribution in [0.15, 0.2) is 53.4 Å². The quantitative estimate of drug-likeness (QED) is 0.674. The van der Waals surface area contributed by atoms with E-state index in [2.05, 4.69) is 5.32 Å². The summed E-state index contributed by atoms with van der Waals surface area (Å²) in [5.41, 5.74) is 1.17. The minimum Gasteiger partial charge on any atom is -0.497 e. The van der Waals surface area contributed by atoms with Crippen molar-refractivity contribution in [1.82, 2.24) is 4.31 Å². The van der Waals surface area contributed by atoms with Crippen molar-refractivity contribution in [3.8, 4) is 5.75 Å². The van der Waals surface area contributed by atoms with Crippen LogP contribution in [0.4, 0.5) is 11.4 Å². The van der Waals surface area contributed by atoms with Crippen molar-refractivity contribution in [3.05, 3.63) is 48.5 Å². The van der Waals surface area contributed by atoms with Gasteiger partial charge in [0.1, 0.15) is 5.75 Å². The third kappa shape index (κ3) is 4.88. The van der Waals surface area contributed by atoms with Gasteiger partial charge in [0, 0.05) is 43.5 Å². The predicted octanol–water partition coefficient (Wildman–Crippen LogP) is 2.72. The maximum absolute atomic E-state index is 12.7. The first-order valence-electron chi connectivity index (χ1n) is 10.2. The molecule has 3 rings (SSSR count). The van der Waals surface area contributed by atoms with E-state index in [1.165, 1.54) is 16.4 Å². The summed E-state index contributed by atoms with van der Waals surface area (Å²) in [7, 11) is -2.00. The summed E-state index contributed by atoms with van der Waals surface area (Å²) in [5, 5.41) is 2.78. The Morgan fingerprint density at radius 3 is 2.45 bits per heavy atom. The Balaban J connectivity index is 1.67. The number of methoxy groups -OCH3 is 1. The van der Waals surface area contributed by atoms with Crippen LogP contribution < -0.4 is 15.0 Å². The fraction of sp³-hybridized carbons (Fsp3) is 0.364. The van der Waals surface area contributed by atoms with Gasteiger partial charge in [-0.15, -0.1) is 0 Å². The molecule has 2 aromatic carbocycles. The molecule has 0 radical (unpaired) electrons. The van der Waals surface area contributed by atoms with E-state index >= 15 is 0 Å². The second-order valence-corrected chi connectivity index (χ2v) is 9.15. The molecule has 2 aromatic rings. The molecule has 9 heteroatoms. The molecule has 0 bridgehead atoms. The van der Waals surface area contributed by atoms with Gasteiger partial charge in [0.2, 0.25) is 21.8 Å². The largest absolute Gasteiger partial charge is 0.497 e. The molecule has 2 amide bonds. The van der Waals surface area contributed by atoms with Gasteiger partial charge >= 0.3 is 0 Å². The van der Waals surface area contributed by atoms with Crippen molar-refractivity contribution >= 4 is 33.2 Å². The van der Waals surface area contributed by atoms with Crippen LogP contribution >= 0.6 is 0 Å². The first-order valence-corrected chi connectivity index (χ1v) is 11.6. The topological polar surface area (TPSA) is 96.0 Å². The van der Waals surface area contributed by atoms with Crippen molar-refractivity contribution in [3.63, 3.8) is 0 Å². The number of nitrogens with one attached hydrogen (secondary N) is 1. The van der Waals surface area contributed by atoms with Crippen molar-refractivity contribution in [2.75, 3.05) is 37.0 Å². The van der Waals surface area contributed by atoms with Crippen LogP contribution in [0.3, 0.4) is 0 Å².